The molecule has 1 unspecified atom stereocenters. The summed E-state index contributed by atoms with van der Waals surface area (Å²) in [4.78, 5) is 0. The Morgan fingerprint density at radius 1 is 1.56 bits per heavy atom. The maximum Gasteiger partial charge on any atom is 0.169 e. The van der Waals surface area contributed by atoms with Gasteiger partial charge in [0.25, 0.3) is 0 Å². The average molecular weight is 150 g/mol. The second-order valence-corrected chi connectivity index (χ2v) is 3.39. The van der Waals surface area contributed by atoms with Gasteiger partial charge in [-0.3, -0.25) is 4.21 Å². The van der Waals surface area contributed by atoms with E-state index in [4.69, 9.17) is 9.47 Å². The summed E-state index contributed by atoms with van der Waals surface area (Å²) in [6.07, 6.45) is 1.43. The highest BCUT2D eigenvalue weighted by Crippen LogP contribution is 2.03. The molecule has 0 aromatic heterocycles. The van der Waals surface area contributed by atoms with Gasteiger partial charge in [-0.15, -0.1) is 0 Å². The predicted octanol–water partition coefficient (Wildman–Crippen LogP) is -0.262. The lowest BCUT2D eigenvalue weighted by Crippen LogP contribution is -2.16. The second-order valence-electron chi connectivity index (χ2n) is 1.91. The van der Waals surface area contributed by atoms with Crippen LogP contribution in [-0.4, -0.2) is 35.7 Å². The summed E-state index contributed by atoms with van der Waals surface area (Å²) in [7, 11) is -0.805. The Morgan fingerprint density at radius 2 is 2.11 bits per heavy atom. The Bertz CT molecular complexity index is 109. The molecule has 1 rings (SSSR count). The van der Waals surface area contributed by atoms with Gasteiger partial charge in [-0.25, -0.2) is 0 Å². The van der Waals surface area contributed by atoms with E-state index in [-0.39, 0.29) is 6.29 Å². The smallest absolute Gasteiger partial charge is 0.169 e. The summed E-state index contributed by atoms with van der Waals surface area (Å²) in [5, 5.41) is 0. The van der Waals surface area contributed by atoms with Crippen LogP contribution < -0.4 is 0 Å². The van der Waals surface area contributed by atoms with Gasteiger partial charge in [-0.05, 0) is 0 Å². The number of hydrogen-bond donors (Lipinski definition) is 0. The third kappa shape index (κ3) is 2.43. The minimum atomic E-state index is -0.805. The van der Waals surface area contributed by atoms with E-state index in [0.29, 0.717) is 19.0 Å². The lowest BCUT2D eigenvalue weighted by molar-refractivity contribution is -0.0220. The SMILES string of the molecule is CS(=O)CC1OCCO1. The molecule has 3 nitrogen and oxygen atoms in total. The van der Waals surface area contributed by atoms with Crippen molar-refractivity contribution in [2.45, 2.75) is 6.29 Å². The van der Waals surface area contributed by atoms with Crippen LogP contribution in [-0.2, 0) is 20.3 Å². The van der Waals surface area contributed by atoms with Crippen molar-refractivity contribution < 1.29 is 13.7 Å². The minimum Gasteiger partial charge on any atom is -0.349 e. The summed E-state index contributed by atoms with van der Waals surface area (Å²) in [6.45, 7) is 1.28. The van der Waals surface area contributed by atoms with Gasteiger partial charge in [-0.2, -0.15) is 0 Å². The van der Waals surface area contributed by atoms with Gasteiger partial charge in [0.15, 0.2) is 6.29 Å². The van der Waals surface area contributed by atoms with Crippen molar-refractivity contribution in [1.29, 1.82) is 0 Å². The van der Waals surface area contributed by atoms with Crippen LogP contribution in [0.4, 0.5) is 0 Å². The highest BCUT2D eigenvalue weighted by molar-refractivity contribution is 7.84. The topological polar surface area (TPSA) is 35.5 Å². The predicted molar refractivity (Wildman–Crippen MR) is 34.6 cm³/mol. The first-order chi connectivity index (χ1) is 4.29. The van der Waals surface area contributed by atoms with Crippen LogP contribution in [0.1, 0.15) is 0 Å². The largest absolute Gasteiger partial charge is 0.349 e. The van der Waals surface area contributed by atoms with Crippen molar-refractivity contribution >= 4 is 10.8 Å². The van der Waals surface area contributed by atoms with Crippen molar-refractivity contribution in [2.75, 3.05) is 25.2 Å². The summed E-state index contributed by atoms with van der Waals surface area (Å²) >= 11 is 0. The molecule has 0 aliphatic carbocycles. The third-order valence-corrected chi connectivity index (χ3v) is 1.80. The van der Waals surface area contributed by atoms with Crippen LogP contribution in [0.3, 0.4) is 0 Å². The van der Waals surface area contributed by atoms with Crippen LogP contribution in [0, 0.1) is 0 Å². The molecule has 0 saturated carbocycles. The van der Waals surface area contributed by atoms with E-state index in [9.17, 15) is 4.21 Å². The highest BCUT2D eigenvalue weighted by atomic mass is 32.2. The highest BCUT2D eigenvalue weighted by Gasteiger charge is 2.16. The molecule has 1 fully saturated rings. The Hall–Kier alpha value is 0.0700. The van der Waals surface area contributed by atoms with Crippen molar-refractivity contribution in [2.24, 2.45) is 0 Å². The normalized spacial score (nSPS) is 24.6. The number of hydrogen-bond acceptors (Lipinski definition) is 3. The van der Waals surface area contributed by atoms with Crippen molar-refractivity contribution in [1.82, 2.24) is 0 Å². The molecule has 4 heteroatoms. The van der Waals surface area contributed by atoms with Crippen LogP contribution >= 0.6 is 0 Å². The monoisotopic (exact) mass is 150 g/mol. The van der Waals surface area contributed by atoms with E-state index in [2.05, 4.69) is 0 Å². The molecule has 0 amide bonds. The van der Waals surface area contributed by atoms with Gasteiger partial charge in [0.2, 0.25) is 0 Å². The van der Waals surface area contributed by atoms with E-state index in [1.165, 1.54) is 0 Å². The Morgan fingerprint density at radius 3 is 2.56 bits per heavy atom. The van der Waals surface area contributed by atoms with Crippen LogP contribution in [0.25, 0.3) is 0 Å². The Labute approximate surface area is 56.8 Å². The first-order valence-electron chi connectivity index (χ1n) is 2.82. The van der Waals surface area contributed by atoms with Crippen molar-refractivity contribution in [3.05, 3.63) is 0 Å². The van der Waals surface area contributed by atoms with E-state index in [0.717, 1.165) is 0 Å². The maximum atomic E-state index is 10.6. The molecule has 9 heavy (non-hydrogen) atoms. The molecule has 1 aliphatic heterocycles. The summed E-state index contributed by atoms with van der Waals surface area (Å²) < 4.78 is 20.6. The standard InChI is InChI=1S/C5H10O3S/c1-9(6)4-5-7-2-3-8-5/h5H,2-4H2,1H3. The first kappa shape index (κ1) is 7.18. The summed E-state index contributed by atoms with van der Waals surface area (Å²) in [5.74, 6) is 0.500. The van der Waals surface area contributed by atoms with E-state index in [1.54, 1.807) is 6.26 Å². The zero-order valence-electron chi connectivity index (χ0n) is 5.33. The van der Waals surface area contributed by atoms with E-state index < -0.39 is 10.8 Å². The van der Waals surface area contributed by atoms with Gasteiger partial charge in [-0.1, -0.05) is 0 Å². The van der Waals surface area contributed by atoms with E-state index in [1.807, 2.05) is 0 Å². The molecule has 0 radical (unpaired) electrons. The van der Waals surface area contributed by atoms with Gasteiger partial charge in [0.05, 0.1) is 19.0 Å². The number of ether oxygens (including phenoxy) is 2. The van der Waals surface area contributed by atoms with Crippen LogP contribution in [0.15, 0.2) is 0 Å². The van der Waals surface area contributed by atoms with Crippen LogP contribution in [0.2, 0.25) is 0 Å². The fourth-order valence-electron chi connectivity index (χ4n) is 0.695. The van der Waals surface area contributed by atoms with Crippen molar-refractivity contribution in [3.63, 3.8) is 0 Å². The molecule has 0 aromatic rings. The molecule has 1 heterocycles. The average Bonchev–Trinajstić information content (AvgIpc) is 2.15. The van der Waals surface area contributed by atoms with E-state index >= 15 is 0 Å². The fourth-order valence-corrected chi connectivity index (χ4v) is 1.27. The molecule has 1 atom stereocenters. The van der Waals surface area contributed by atoms with Crippen LogP contribution in [0.5, 0.6) is 0 Å². The van der Waals surface area contributed by atoms with Gasteiger partial charge in [0, 0.05) is 17.1 Å². The molecule has 0 aromatic carbocycles. The van der Waals surface area contributed by atoms with Gasteiger partial charge < -0.3 is 9.47 Å². The summed E-state index contributed by atoms with van der Waals surface area (Å²) in [5.41, 5.74) is 0. The molecule has 1 aliphatic rings. The lowest BCUT2D eigenvalue weighted by atomic mass is 10.8. The summed E-state index contributed by atoms with van der Waals surface area (Å²) in [6, 6.07) is 0. The maximum absolute atomic E-state index is 10.6. The Kier molecular flexibility index (Phi) is 2.63. The van der Waals surface area contributed by atoms with Crippen molar-refractivity contribution in [3.8, 4) is 0 Å². The van der Waals surface area contributed by atoms with Gasteiger partial charge in [0.1, 0.15) is 0 Å². The second kappa shape index (κ2) is 3.29. The minimum absolute atomic E-state index is 0.212. The molecule has 0 N–H and O–H groups in total. The zero-order valence-corrected chi connectivity index (χ0v) is 6.15. The molecular weight excluding hydrogens is 140 g/mol. The fraction of sp³-hybridized carbons (Fsp3) is 1.00. The molecule has 54 valence electrons. The molecule has 0 bridgehead atoms. The van der Waals surface area contributed by atoms with Gasteiger partial charge >= 0.3 is 0 Å². The molecule has 1 saturated heterocycles. The zero-order chi connectivity index (χ0) is 6.69. The Balaban J connectivity index is 2.19. The quantitative estimate of drug-likeness (QED) is 0.544. The molecule has 0 spiro atoms. The third-order valence-electron chi connectivity index (χ3n) is 1.06. The first-order valence-corrected chi connectivity index (χ1v) is 4.55. The number of rotatable bonds is 2. The lowest BCUT2D eigenvalue weighted by Gasteiger charge is -2.04. The molecular formula is C5H10O3S.